The minimum Gasteiger partial charge on any atom is -0.414 e. The number of hydrogen-bond donors (Lipinski definition) is 1. The lowest BCUT2D eigenvalue weighted by Gasteiger charge is -2.66. The lowest BCUT2D eigenvalue weighted by Crippen LogP contribution is -2.62. The lowest BCUT2D eigenvalue weighted by atomic mass is 9.41. The summed E-state index contributed by atoms with van der Waals surface area (Å²) in [7, 11) is -1.67. The quantitative estimate of drug-likeness (QED) is 0.268. The molecule has 216 valence electrons. The molecule has 1 N–H and O–H groups in total. The van der Waals surface area contributed by atoms with E-state index in [0.717, 1.165) is 53.8 Å². The number of aliphatic hydroxyl groups is 1. The van der Waals surface area contributed by atoms with Gasteiger partial charge in [-0.05, 0) is 134 Å². The molecule has 0 aromatic rings. The maximum atomic E-state index is 9.58. The minimum atomic E-state index is -1.67. The molecule has 11 atom stereocenters. The molecule has 0 aliphatic heterocycles. The molecule has 0 heterocycles. The first kappa shape index (κ1) is 30.1. The van der Waals surface area contributed by atoms with Crippen molar-refractivity contribution in [3.8, 4) is 0 Å². The summed E-state index contributed by atoms with van der Waals surface area (Å²) in [6, 6.07) is 3.86. The monoisotopic (exact) mass is 532 g/mol. The van der Waals surface area contributed by atoms with Crippen molar-refractivity contribution in [3.63, 3.8) is 0 Å². The number of rotatable bonds is 11. The SMILES string of the molecule is CC[C@@H]1CC[C@@]2(C)[C@@H](C1)C[C@@H](O[Si](CC)(CC)CC)C1[C@@H]2C[C@H](CC)[C@]2(C)[C@@H]([C@H](C)CCCO)CC[C@@H]12. The molecule has 0 radical (unpaired) electrons. The van der Waals surface area contributed by atoms with Gasteiger partial charge in [0.2, 0.25) is 0 Å². The van der Waals surface area contributed by atoms with Crippen LogP contribution in [0.1, 0.15) is 126 Å². The highest BCUT2D eigenvalue weighted by atomic mass is 28.4. The van der Waals surface area contributed by atoms with Crippen LogP contribution >= 0.6 is 0 Å². The number of aliphatic hydroxyl groups excluding tert-OH is 1. The summed E-state index contributed by atoms with van der Waals surface area (Å²) in [6.45, 7) is 20.6. The zero-order chi connectivity index (χ0) is 27.0. The standard InChI is InChI=1S/C34H64O2Si/c1-9-25-18-19-33(7)27(21-25)23-31(36-37(11-3,12-4)13-5)32-29-17-16-28(24(6)15-14-20-35)34(29,8)26(10-2)22-30(32)33/h24-32,35H,9-23H2,1-8H3/t24-,25-,26+,27+,28-,29+,30+,31-,32?,33+,34-/m1/s1. The Balaban J connectivity index is 1.74. The van der Waals surface area contributed by atoms with E-state index in [1.165, 1.54) is 82.3 Å². The van der Waals surface area contributed by atoms with E-state index in [2.05, 4.69) is 55.4 Å². The molecule has 0 bridgehead atoms. The summed E-state index contributed by atoms with van der Waals surface area (Å²) in [6.07, 6.45) is 15.5. The van der Waals surface area contributed by atoms with Crippen LogP contribution in [-0.2, 0) is 4.43 Å². The van der Waals surface area contributed by atoms with Crippen LogP contribution in [0.5, 0.6) is 0 Å². The summed E-state index contributed by atoms with van der Waals surface area (Å²) in [5.41, 5.74) is 0.978. The Hall–Kier alpha value is 0.137. The van der Waals surface area contributed by atoms with Crippen molar-refractivity contribution in [2.75, 3.05) is 6.61 Å². The fourth-order valence-electron chi connectivity index (χ4n) is 11.4. The summed E-state index contributed by atoms with van der Waals surface area (Å²) in [5.74, 6) is 6.70. The molecule has 2 nitrogen and oxygen atoms in total. The van der Waals surface area contributed by atoms with E-state index in [-0.39, 0.29) is 0 Å². The Labute approximate surface area is 232 Å². The van der Waals surface area contributed by atoms with E-state index in [1.54, 1.807) is 0 Å². The van der Waals surface area contributed by atoms with Crippen molar-refractivity contribution >= 4 is 8.32 Å². The van der Waals surface area contributed by atoms with Crippen molar-refractivity contribution in [2.24, 2.45) is 58.2 Å². The molecule has 4 fully saturated rings. The largest absolute Gasteiger partial charge is 0.414 e. The second-order valence-electron chi connectivity index (χ2n) is 14.9. The Morgan fingerprint density at radius 3 is 2.19 bits per heavy atom. The van der Waals surface area contributed by atoms with E-state index in [1.807, 2.05) is 0 Å². The molecular weight excluding hydrogens is 468 g/mol. The van der Waals surface area contributed by atoms with Crippen LogP contribution in [-0.4, -0.2) is 26.1 Å². The van der Waals surface area contributed by atoms with Crippen LogP contribution in [0, 0.1) is 58.2 Å². The second kappa shape index (κ2) is 11.9. The van der Waals surface area contributed by atoms with Crippen LogP contribution in [0.3, 0.4) is 0 Å². The van der Waals surface area contributed by atoms with Gasteiger partial charge in [-0.3, -0.25) is 0 Å². The highest BCUT2D eigenvalue weighted by Crippen LogP contribution is 2.71. The summed E-state index contributed by atoms with van der Waals surface area (Å²) >= 11 is 0. The van der Waals surface area contributed by atoms with E-state index in [0.29, 0.717) is 23.5 Å². The third-order valence-corrected chi connectivity index (χ3v) is 18.7. The van der Waals surface area contributed by atoms with E-state index >= 15 is 0 Å². The zero-order valence-corrected chi connectivity index (χ0v) is 27.2. The van der Waals surface area contributed by atoms with Crippen LogP contribution < -0.4 is 0 Å². The summed E-state index contributed by atoms with van der Waals surface area (Å²) < 4.78 is 7.65. The molecule has 0 saturated heterocycles. The highest BCUT2D eigenvalue weighted by molar-refractivity contribution is 6.73. The van der Waals surface area contributed by atoms with Crippen molar-refractivity contribution in [1.29, 1.82) is 0 Å². The van der Waals surface area contributed by atoms with Crippen LogP contribution in [0.2, 0.25) is 18.1 Å². The minimum absolute atomic E-state index is 0.352. The summed E-state index contributed by atoms with van der Waals surface area (Å²) in [5, 5.41) is 9.58. The van der Waals surface area contributed by atoms with Gasteiger partial charge in [0.25, 0.3) is 0 Å². The maximum absolute atomic E-state index is 9.58. The van der Waals surface area contributed by atoms with Gasteiger partial charge < -0.3 is 9.53 Å². The van der Waals surface area contributed by atoms with Crippen molar-refractivity contribution in [3.05, 3.63) is 0 Å². The van der Waals surface area contributed by atoms with Gasteiger partial charge in [-0.2, -0.15) is 0 Å². The molecule has 4 aliphatic carbocycles. The molecule has 37 heavy (non-hydrogen) atoms. The highest BCUT2D eigenvalue weighted by Gasteiger charge is 2.66. The van der Waals surface area contributed by atoms with Crippen molar-refractivity contribution in [1.82, 2.24) is 0 Å². The molecule has 4 rings (SSSR count). The Bertz CT molecular complexity index is 727. The first-order chi connectivity index (χ1) is 17.7. The van der Waals surface area contributed by atoms with Gasteiger partial charge >= 0.3 is 0 Å². The molecule has 4 saturated carbocycles. The van der Waals surface area contributed by atoms with E-state index < -0.39 is 8.32 Å². The third-order valence-electron chi connectivity index (χ3n) is 14.1. The number of fused-ring (bicyclic) bond motifs is 5. The molecular formula is C34H64O2Si. The van der Waals surface area contributed by atoms with Crippen molar-refractivity contribution < 1.29 is 9.53 Å². The van der Waals surface area contributed by atoms with Gasteiger partial charge in [0.15, 0.2) is 8.32 Å². The Morgan fingerprint density at radius 2 is 1.59 bits per heavy atom. The van der Waals surface area contributed by atoms with E-state index in [4.69, 9.17) is 4.43 Å². The summed E-state index contributed by atoms with van der Waals surface area (Å²) in [4.78, 5) is 0. The third kappa shape index (κ3) is 5.07. The van der Waals surface area contributed by atoms with Crippen molar-refractivity contribution in [2.45, 2.75) is 150 Å². The first-order valence-corrected chi connectivity index (χ1v) is 19.5. The molecule has 0 spiro atoms. The van der Waals surface area contributed by atoms with Crippen LogP contribution in [0.15, 0.2) is 0 Å². The fraction of sp³-hybridized carbons (Fsp3) is 1.00. The van der Waals surface area contributed by atoms with E-state index in [9.17, 15) is 5.11 Å². The van der Waals surface area contributed by atoms with Crippen LogP contribution in [0.25, 0.3) is 0 Å². The average Bonchev–Trinajstić information content (AvgIpc) is 3.27. The zero-order valence-electron chi connectivity index (χ0n) is 26.2. The Kier molecular flexibility index (Phi) is 9.71. The molecule has 4 aliphatic rings. The average molecular weight is 533 g/mol. The van der Waals surface area contributed by atoms with Gasteiger partial charge in [0.05, 0.1) is 0 Å². The topological polar surface area (TPSA) is 29.5 Å². The van der Waals surface area contributed by atoms with Gasteiger partial charge in [0.1, 0.15) is 0 Å². The van der Waals surface area contributed by atoms with Gasteiger partial charge in [-0.1, -0.05) is 68.2 Å². The second-order valence-corrected chi connectivity index (χ2v) is 19.6. The molecule has 0 aromatic heterocycles. The smallest absolute Gasteiger partial charge is 0.192 e. The normalized spacial score (nSPS) is 44.7. The maximum Gasteiger partial charge on any atom is 0.192 e. The lowest BCUT2D eigenvalue weighted by molar-refractivity contribution is -0.185. The van der Waals surface area contributed by atoms with Gasteiger partial charge in [-0.25, -0.2) is 0 Å². The molecule has 1 unspecified atom stereocenters. The number of hydrogen-bond acceptors (Lipinski definition) is 2. The van der Waals surface area contributed by atoms with Gasteiger partial charge in [-0.15, -0.1) is 0 Å². The molecule has 0 amide bonds. The van der Waals surface area contributed by atoms with Gasteiger partial charge in [0, 0.05) is 12.7 Å². The first-order valence-electron chi connectivity index (χ1n) is 17.0. The Morgan fingerprint density at radius 1 is 0.892 bits per heavy atom. The molecule has 3 heteroatoms. The predicted molar refractivity (Wildman–Crippen MR) is 161 cm³/mol. The molecule has 0 aromatic carbocycles. The van der Waals surface area contributed by atoms with Crippen LogP contribution in [0.4, 0.5) is 0 Å². The fourth-order valence-corrected chi connectivity index (χ4v) is 14.3. The predicted octanol–water partition coefficient (Wildman–Crippen LogP) is 9.72.